The molecule has 80 valence electrons. The van der Waals surface area contributed by atoms with E-state index in [1.165, 1.54) is 7.11 Å². The highest BCUT2D eigenvalue weighted by molar-refractivity contribution is 5.77. The van der Waals surface area contributed by atoms with E-state index >= 15 is 0 Å². The van der Waals surface area contributed by atoms with Crippen LogP contribution in [0, 0.1) is 0 Å². The first-order chi connectivity index (χ1) is 7.19. The quantitative estimate of drug-likeness (QED) is 0.707. The van der Waals surface area contributed by atoms with Crippen LogP contribution >= 0.6 is 0 Å². The van der Waals surface area contributed by atoms with E-state index < -0.39 is 0 Å². The highest BCUT2D eigenvalue weighted by atomic mass is 16.5. The molecule has 0 heterocycles. The zero-order valence-electron chi connectivity index (χ0n) is 9.36. The second kappa shape index (κ2) is 5.35. The van der Waals surface area contributed by atoms with Gasteiger partial charge in [0.1, 0.15) is 0 Å². The number of methoxy groups -OCH3 is 1. The Balaban J connectivity index is 2.94. The summed E-state index contributed by atoms with van der Waals surface area (Å²) in [6.07, 6.45) is 3.98. The topological polar surface area (TPSA) is 26.3 Å². The van der Waals surface area contributed by atoms with Crippen molar-refractivity contribution in [2.75, 3.05) is 7.11 Å². The molecule has 15 heavy (non-hydrogen) atoms. The standard InChI is InChI=1S/C13H16O2/c1-4-6-11-7-5-8-12(9-11)10(2)13(14)15-3/h4-10H,1-3H3/b6-4+/t10-/m0/s1. The molecule has 0 N–H and O–H groups in total. The minimum atomic E-state index is -0.208. The fourth-order valence-electron chi connectivity index (χ4n) is 1.44. The van der Waals surface area contributed by atoms with Crippen LogP contribution < -0.4 is 0 Å². The number of carbonyl (C=O) groups excluding carboxylic acids is 1. The van der Waals surface area contributed by atoms with Crippen molar-refractivity contribution >= 4 is 12.0 Å². The van der Waals surface area contributed by atoms with Crippen molar-refractivity contribution in [1.29, 1.82) is 0 Å². The molecule has 0 aliphatic rings. The van der Waals surface area contributed by atoms with Crippen LogP contribution in [0.25, 0.3) is 6.08 Å². The summed E-state index contributed by atoms with van der Waals surface area (Å²) in [5, 5.41) is 0. The minimum absolute atomic E-state index is 0.201. The highest BCUT2D eigenvalue weighted by Crippen LogP contribution is 2.18. The Bertz CT molecular complexity index is 367. The van der Waals surface area contributed by atoms with Crippen molar-refractivity contribution < 1.29 is 9.53 Å². The molecule has 0 aromatic heterocycles. The Hall–Kier alpha value is -1.57. The number of benzene rings is 1. The van der Waals surface area contributed by atoms with Gasteiger partial charge in [0.05, 0.1) is 13.0 Å². The van der Waals surface area contributed by atoms with E-state index in [4.69, 9.17) is 4.74 Å². The molecule has 1 aromatic rings. The smallest absolute Gasteiger partial charge is 0.312 e. The lowest BCUT2D eigenvalue weighted by atomic mass is 9.99. The summed E-state index contributed by atoms with van der Waals surface area (Å²) in [4.78, 5) is 11.3. The molecule has 0 unspecified atom stereocenters. The third kappa shape index (κ3) is 2.94. The van der Waals surface area contributed by atoms with Crippen LogP contribution in [0.3, 0.4) is 0 Å². The fourth-order valence-corrected chi connectivity index (χ4v) is 1.44. The maximum Gasteiger partial charge on any atom is 0.312 e. The van der Waals surface area contributed by atoms with E-state index in [1.807, 2.05) is 50.3 Å². The highest BCUT2D eigenvalue weighted by Gasteiger charge is 2.14. The van der Waals surface area contributed by atoms with Crippen molar-refractivity contribution in [3.05, 3.63) is 41.5 Å². The van der Waals surface area contributed by atoms with E-state index in [9.17, 15) is 4.79 Å². The van der Waals surface area contributed by atoms with Crippen LogP contribution in [-0.2, 0) is 9.53 Å². The lowest BCUT2D eigenvalue weighted by Crippen LogP contribution is -2.10. The molecular weight excluding hydrogens is 188 g/mol. The molecule has 0 radical (unpaired) electrons. The van der Waals surface area contributed by atoms with Gasteiger partial charge in [0, 0.05) is 0 Å². The van der Waals surface area contributed by atoms with Crippen molar-refractivity contribution in [1.82, 2.24) is 0 Å². The van der Waals surface area contributed by atoms with Crippen molar-refractivity contribution in [3.8, 4) is 0 Å². The molecule has 0 aliphatic carbocycles. The van der Waals surface area contributed by atoms with E-state index in [0.29, 0.717) is 0 Å². The molecule has 0 fully saturated rings. The largest absolute Gasteiger partial charge is 0.469 e. The Morgan fingerprint density at radius 3 is 2.80 bits per heavy atom. The Kier molecular flexibility index (Phi) is 4.10. The van der Waals surface area contributed by atoms with Gasteiger partial charge in [0.15, 0.2) is 0 Å². The number of hydrogen-bond acceptors (Lipinski definition) is 2. The minimum Gasteiger partial charge on any atom is -0.469 e. The van der Waals surface area contributed by atoms with Gasteiger partial charge < -0.3 is 4.74 Å². The maximum atomic E-state index is 11.3. The van der Waals surface area contributed by atoms with Gasteiger partial charge in [0.25, 0.3) is 0 Å². The summed E-state index contributed by atoms with van der Waals surface area (Å²) < 4.78 is 4.71. The molecule has 0 saturated carbocycles. The first-order valence-electron chi connectivity index (χ1n) is 4.99. The summed E-state index contributed by atoms with van der Waals surface area (Å²) in [5.41, 5.74) is 2.09. The Morgan fingerprint density at radius 2 is 2.20 bits per heavy atom. The molecule has 0 bridgehead atoms. The molecule has 1 atom stereocenters. The lowest BCUT2D eigenvalue weighted by Gasteiger charge is -2.09. The van der Waals surface area contributed by atoms with Gasteiger partial charge in [-0.2, -0.15) is 0 Å². The molecule has 2 heteroatoms. The molecule has 0 saturated heterocycles. The fraction of sp³-hybridized carbons (Fsp3) is 0.308. The van der Waals surface area contributed by atoms with Crippen LogP contribution in [-0.4, -0.2) is 13.1 Å². The number of carbonyl (C=O) groups is 1. The molecule has 1 aromatic carbocycles. The average Bonchev–Trinajstić information content (AvgIpc) is 2.28. The van der Waals surface area contributed by atoms with E-state index in [1.54, 1.807) is 0 Å². The zero-order valence-corrected chi connectivity index (χ0v) is 9.36. The average molecular weight is 204 g/mol. The normalized spacial score (nSPS) is 12.7. The molecule has 0 spiro atoms. The van der Waals surface area contributed by atoms with E-state index in [0.717, 1.165) is 11.1 Å². The monoisotopic (exact) mass is 204 g/mol. The second-order valence-electron chi connectivity index (χ2n) is 3.41. The van der Waals surface area contributed by atoms with Crippen LogP contribution in [0.5, 0.6) is 0 Å². The third-order valence-corrected chi connectivity index (χ3v) is 2.32. The van der Waals surface area contributed by atoms with Gasteiger partial charge in [-0.1, -0.05) is 36.4 Å². The van der Waals surface area contributed by atoms with E-state index in [2.05, 4.69) is 0 Å². The third-order valence-electron chi connectivity index (χ3n) is 2.32. The SMILES string of the molecule is C/C=C/c1cccc([C@H](C)C(=O)OC)c1. The molecule has 1 rings (SSSR count). The predicted molar refractivity (Wildman–Crippen MR) is 61.6 cm³/mol. The zero-order chi connectivity index (χ0) is 11.3. The summed E-state index contributed by atoms with van der Waals surface area (Å²) in [5.74, 6) is -0.409. The second-order valence-corrected chi connectivity index (χ2v) is 3.41. The summed E-state index contributed by atoms with van der Waals surface area (Å²) in [6, 6.07) is 7.90. The van der Waals surface area contributed by atoms with E-state index in [-0.39, 0.29) is 11.9 Å². The van der Waals surface area contributed by atoms with Crippen LogP contribution in [0.1, 0.15) is 30.9 Å². The molecule has 0 aliphatic heterocycles. The van der Waals surface area contributed by atoms with Crippen molar-refractivity contribution in [3.63, 3.8) is 0 Å². The Labute approximate surface area is 90.6 Å². The first kappa shape index (κ1) is 11.5. The lowest BCUT2D eigenvalue weighted by molar-refractivity contribution is -0.141. The summed E-state index contributed by atoms with van der Waals surface area (Å²) in [7, 11) is 1.41. The van der Waals surface area contributed by atoms with Crippen LogP contribution in [0.15, 0.2) is 30.3 Å². The molecular formula is C13H16O2. The summed E-state index contributed by atoms with van der Waals surface area (Å²) >= 11 is 0. The first-order valence-corrected chi connectivity index (χ1v) is 4.99. The van der Waals surface area contributed by atoms with Crippen molar-refractivity contribution in [2.45, 2.75) is 19.8 Å². The van der Waals surface area contributed by atoms with Crippen LogP contribution in [0.4, 0.5) is 0 Å². The van der Waals surface area contributed by atoms with Gasteiger partial charge >= 0.3 is 5.97 Å². The molecule has 2 nitrogen and oxygen atoms in total. The van der Waals surface area contributed by atoms with Gasteiger partial charge in [-0.3, -0.25) is 4.79 Å². The number of esters is 1. The molecule has 0 amide bonds. The van der Waals surface area contributed by atoms with Gasteiger partial charge in [-0.05, 0) is 25.0 Å². The number of allylic oxidation sites excluding steroid dienone is 1. The predicted octanol–water partition coefficient (Wildman–Crippen LogP) is 3.00. The van der Waals surface area contributed by atoms with Gasteiger partial charge in [-0.15, -0.1) is 0 Å². The number of hydrogen-bond donors (Lipinski definition) is 0. The van der Waals surface area contributed by atoms with Gasteiger partial charge in [0.2, 0.25) is 0 Å². The Morgan fingerprint density at radius 1 is 1.47 bits per heavy atom. The summed E-state index contributed by atoms with van der Waals surface area (Å²) in [6.45, 7) is 3.82. The number of ether oxygens (including phenoxy) is 1. The van der Waals surface area contributed by atoms with Crippen LogP contribution in [0.2, 0.25) is 0 Å². The van der Waals surface area contributed by atoms with Gasteiger partial charge in [-0.25, -0.2) is 0 Å². The maximum absolute atomic E-state index is 11.3. The number of rotatable bonds is 3. The van der Waals surface area contributed by atoms with Crippen molar-refractivity contribution in [2.24, 2.45) is 0 Å².